The van der Waals surface area contributed by atoms with Crippen LogP contribution in [-0.2, 0) is 0 Å². The van der Waals surface area contributed by atoms with Gasteiger partial charge in [0.1, 0.15) is 0 Å². The van der Waals surface area contributed by atoms with Crippen LogP contribution in [0.4, 0.5) is 0 Å². The van der Waals surface area contributed by atoms with Crippen molar-refractivity contribution in [3.8, 4) is 0 Å². The Labute approximate surface area is 65.2 Å². The molecule has 0 aromatic rings. The minimum Gasteiger partial charge on any atom is -0.0789 e. The van der Waals surface area contributed by atoms with Crippen LogP contribution in [0, 0.1) is 0 Å². The first-order valence-electron chi connectivity index (χ1n) is 3.46. The zero-order chi connectivity index (χ0) is 6.04. The van der Waals surface area contributed by atoms with Crippen LogP contribution in [-0.4, -0.2) is 3.42 Å². The van der Waals surface area contributed by atoms with Crippen LogP contribution in [0.3, 0.4) is 0 Å². The molecular weight excluding hydrogens is 211 g/mol. The van der Waals surface area contributed by atoms with Gasteiger partial charge in [0.15, 0.2) is 0 Å². The molecule has 0 aromatic carbocycles. The molecule has 0 aromatic heterocycles. The van der Waals surface area contributed by atoms with Gasteiger partial charge in [0.05, 0.1) is 0 Å². The topological polar surface area (TPSA) is 0 Å². The van der Waals surface area contributed by atoms with E-state index in [2.05, 4.69) is 29.5 Å². The lowest BCUT2D eigenvalue weighted by Gasteiger charge is -2.17. The van der Waals surface area contributed by atoms with Crippen molar-refractivity contribution in [1.29, 1.82) is 0 Å². The maximum absolute atomic E-state index is 2.63. The first-order chi connectivity index (χ1) is 3.77. The second-order valence-corrected chi connectivity index (χ2v) is 5.00. The Kier molecular flexibility index (Phi) is 2.18. The lowest BCUT2D eigenvalue weighted by molar-refractivity contribution is 0.619. The summed E-state index contributed by atoms with van der Waals surface area (Å²) in [5.41, 5.74) is 0. The van der Waals surface area contributed by atoms with Crippen molar-refractivity contribution in [1.82, 2.24) is 0 Å². The molecule has 8 heavy (non-hydrogen) atoms. The van der Waals surface area contributed by atoms with Gasteiger partial charge < -0.3 is 0 Å². The summed E-state index contributed by atoms with van der Waals surface area (Å²) in [5.74, 6) is 0. The zero-order valence-electron chi connectivity index (χ0n) is 5.41. The fourth-order valence-electron chi connectivity index (χ4n) is 1.36. The van der Waals surface area contributed by atoms with Crippen molar-refractivity contribution in [2.75, 3.05) is 0 Å². The largest absolute Gasteiger partial charge is 0.0789 e. The van der Waals surface area contributed by atoms with Crippen LogP contribution in [0.2, 0.25) is 0 Å². The predicted molar refractivity (Wildman–Crippen MR) is 45.5 cm³/mol. The van der Waals surface area contributed by atoms with Crippen LogP contribution >= 0.6 is 22.6 Å². The number of rotatable bonds is 1. The molecule has 0 saturated heterocycles. The molecule has 0 N–H and O–H groups in total. The van der Waals surface area contributed by atoms with Gasteiger partial charge in [0, 0.05) is 3.42 Å². The van der Waals surface area contributed by atoms with Crippen LogP contribution in [0.1, 0.15) is 39.0 Å². The third kappa shape index (κ3) is 1.36. The van der Waals surface area contributed by atoms with E-state index >= 15 is 0 Å². The molecule has 0 spiro atoms. The minimum absolute atomic E-state index is 0.706. The molecule has 1 aliphatic carbocycles. The van der Waals surface area contributed by atoms with E-state index in [1.54, 1.807) is 0 Å². The minimum atomic E-state index is 0.706. The summed E-state index contributed by atoms with van der Waals surface area (Å²) >= 11 is 2.63. The summed E-state index contributed by atoms with van der Waals surface area (Å²) < 4.78 is 0.706. The third-order valence-electron chi connectivity index (χ3n) is 2.13. The van der Waals surface area contributed by atoms with Gasteiger partial charge in [-0.05, 0) is 19.3 Å². The lowest BCUT2D eigenvalue weighted by Crippen LogP contribution is -2.11. The fourth-order valence-corrected chi connectivity index (χ4v) is 2.12. The third-order valence-corrected chi connectivity index (χ3v) is 3.97. The summed E-state index contributed by atoms with van der Waals surface area (Å²) in [6.45, 7) is 2.30. The van der Waals surface area contributed by atoms with E-state index in [4.69, 9.17) is 0 Å². The molecule has 0 unspecified atom stereocenters. The van der Waals surface area contributed by atoms with Gasteiger partial charge in [-0.1, -0.05) is 42.4 Å². The van der Waals surface area contributed by atoms with Gasteiger partial charge >= 0.3 is 0 Å². The van der Waals surface area contributed by atoms with Gasteiger partial charge in [0.25, 0.3) is 0 Å². The summed E-state index contributed by atoms with van der Waals surface area (Å²) in [7, 11) is 0. The highest BCUT2D eigenvalue weighted by Gasteiger charge is 2.27. The Morgan fingerprint density at radius 1 is 1.38 bits per heavy atom. The lowest BCUT2D eigenvalue weighted by atomic mass is 10.1. The van der Waals surface area contributed by atoms with Crippen molar-refractivity contribution in [3.05, 3.63) is 0 Å². The van der Waals surface area contributed by atoms with E-state index in [0.717, 1.165) is 0 Å². The molecule has 1 fully saturated rings. The molecule has 0 aliphatic heterocycles. The smallest absolute Gasteiger partial charge is 0.0219 e. The molecular formula is C7H13I. The number of hydrogen-bond acceptors (Lipinski definition) is 0. The monoisotopic (exact) mass is 224 g/mol. The highest BCUT2D eigenvalue weighted by molar-refractivity contribution is 14.1. The molecule has 0 amide bonds. The van der Waals surface area contributed by atoms with Crippen molar-refractivity contribution >= 4 is 22.6 Å². The Morgan fingerprint density at radius 3 is 2.12 bits per heavy atom. The number of halogens is 1. The molecule has 0 heterocycles. The average molecular weight is 224 g/mol. The maximum Gasteiger partial charge on any atom is 0.0219 e. The molecule has 0 radical (unpaired) electrons. The Hall–Kier alpha value is 0.730. The maximum atomic E-state index is 2.63. The normalized spacial score (nSPS) is 26.2. The highest BCUT2D eigenvalue weighted by atomic mass is 127. The first kappa shape index (κ1) is 6.84. The van der Waals surface area contributed by atoms with E-state index in [1.165, 1.54) is 32.1 Å². The van der Waals surface area contributed by atoms with Crippen LogP contribution in [0.5, 0.6) is 0 Å². The zero-order valence-corrected chi connectivity index (χ0v) is 7.57. The van der Waals surface area contributed by atoms with Gasteiger partial charge in [-0.2, -0.15) is 0 Å². The highest BCUT2D eigenvalue weighted by Crippen LogP contribution is 2.40. The molecule has 0 bridgehead atoms. The quantitative estimate of drug-likeness (QED) is 0.474. The van der Waals surface area contributed by atoms with Crippen molar-refractivity contribution < 1.29 is 0 Å². The summed E-state index contributed by atoms with van der Waals surface area (Å²) in [6.07, 6.45) is 7.23. The first-order valence-corrected chi connectivity index (χ1v) is 4.54. The molecule has 1 heteroatoms. The predicted octanol–water partition coefficient (Wildman–Crippen LogP) is 3.14. The van der Waals surface area contributed by atoms with Gasteiger partial charge in [-0.25, -0.2) is 0 Å². The average Bonchev–Trinajstić information content (AvgIpc) is 2.17. The van der Waals surface area contributed by atoms with E-state index in [0.29, 0.717) is 3.42 Å². The molecule has 0 atom stereocenters. The SMILES string of the molecule is CCC1(I)CCCC1. The van der Waals surface area contributed by atoms with Crippen molar-refractivity contribution in [2.45, 2.75) is 42.4 Å². The Morgan fingerprint density at radius 2 is 1.88 bits per heavy atom. The van der Waals surface area contributed by atoms with Gasteiger partial charge in [-0.15, -0.1) is 0 Å². The van der Waals surface area contributed by atoms with Crippen LogP contribution in [0.15, 0.2) is 0 Å². The summed E-state index contributed by atoms with van der Waals surface area (Å²) in [4.78, 5) is 0. The summed E-state index contributed by atoms with van der Waals surface area (Å²) in [5, 5.41) is 0. The number of hydrogen-bond donors (Lipinski definition) is 0. The fraction of sp³-hybridized carbons (Fsp3) is 1.00. The molecule has 1 rings (SSSR count). The van der Waals surface area contributed by atoms with E-state index in [-0.39, 0.29) is 0 Å². The standard InChI is InChI=1S/C7H13I/c1-2-7(8)5-3-4-6-7/h2-6H2,1H3. The van der Waals surface area contributed by atoms with Gasteiger partial charge in [0.2, 0.25) is 0 Å². The number of alkyl halides is 1. The second kappa shape index (κ2) is 2.54. The molecule has 48 valence electrons. The second-order valence-electron chi connectivity index (χ2n) is 2.71. The Bertz CT molecular complexity index is 72.5. The van der Waals surface area contributed by atoms with Crippen molar-refractivity contribution in [3.63, 3.8) is 0 Å². The van der Waals surface area contributed by atoms with Gasteiger partial charge in [-0.3, -0.25) is 0 Å². The Balaban J connectivity index is 2.40. The van der Waals surface area contributed by atoms with Crippen LogP contribution in [0.25, 0.3) is 0 Å². The summed E-state index contributed by atoms with van der Waals surface area (Å²) in [6, 6.07) is 0. The molecule has 1 saturated carbocycles. The molecule has 0 nitrogen and oxygen atoms in total. The van der Waals surface area contributed by atoms with Crippen molar-refractivity contribution in [2.24, 2.45) is 0 Å². The molecule has 1 aliphatic rings. The van der Waals surface area contributed by atoms with E-state index in [9.17, 15) is 0 Å². The van der Waals surface area contributed by atoms with E-state index in [1.807, 2.05) is 0 Å². The van der Waals surface area contributed by atoms with Crippen LogP contribution < -0.4 is 0 Å². The van der Waals surface area contributed by atoms with E-state index < -0.39 is 0 Å².